The number of hydrogen-bond acceptors (Lipinski definition) is 2. The van der Waals surface area contributed by atoms with Crippen molar-refractivity contribution in [1.82, 2.24) is 10.2 Å². The van der Waals surface area contributed by atoms with Crippen molar-refractivity contribution in [2.45, 2.75) is 45.1 Å². The van der Waals surface area contributed by atoms with Gasteiger partial charge in [-0.25, -0.2) is 4.39 Å². The van der Waals surface area contributed by atoms with Gasteiger partial charge in [-0.15, -0.1) is 0 Å². The van der Waals surface area contributed by atoms with E-state index in [0.29, 0.717) is 18.7 Å². The fourth-order valence-electron chi connectivity index (χ4n) is 4.00. The second-order valence-electron chi connectivity index (χ2n) is 7.60. The highest BCUT2D eigenvalue weighted by atomic mass is 19.1. The lowest BCUT2D eigenvalue weighted by molar-refractivity contribution is -0.141. The third kappa shape index (κ3) is 2.34. The second kappa shape index (κ2) is 5.34. The van der Waals surface area contributed by atoms with Crippen molar-refractivity contribution in [3.63, 3.8) is 0 Å². The molecule has 2 aliphatic rings. The Labute approximate surface area is 131 Å². The summed E-state index contributed by atoms with van der Waals surface area (Å²) in [6.45, 7) is 8.35. The van der Waals surface area contributed by atoms with Crippen LogP contribution in [0.1, 0.15) is 45.1 Å². The SMILES string of the molecule is CC(C)(C)N1CC(c2ccccc2F)C2(CCCNC2)C1=O. The molecule has 1 spiro atoms. The fourth-order valence-corrected chi connectivity index (χ4v) is 4.00. The topological polar surface area (TPSA) is 32.3 Å². The molecule has 0 aliphatic carbocycles. The number of nitrogens with zero attached hydrogens (tertiary/aromatic N) is 1. The number of halogens is 1. The maximum Gasteiger partial charge on any atom is 0.231 e. The summed E-state index contributed by atoms with van der Waals surface area (Å²) in [5, 5.41) is 3.37. The maximum atomic E-state index is 14.4. The van der Waals surface area contributed by atoms with E-state index in [1.165, 1.54) is 6.07 Å². The third-order valence-corrected chi connectivity index (χ3v) is 5.21. The maximum absolute atomic E-state index is 14.4. The molecule has 1 N–H and O–H groups in total. The van der Waals surface area contributed by atoms with Crippen molar-refractivity contribution in [2.75, 3.05) is 19.6 Å². The van der Waals surface area contributed by atoms with Gasteiger partial charge in [-0.1, -0.05) is 18.2 Å². The van der Waals surface area contributed by atoms with E-state index in [-0.39, 0.29) is 23.2 Å². The summed E-state index contributed by atoms with van der Waals surface area (Å²) in [6, 6.07) is 6.93. The van der Waals surface area contributed by atoms with Crippen molar-refractivity contribution in [3.05, 3.63) is 35.6 Å². The van der Waals surface area contributed by atoms with Crippen molar-refractivity contribution in [2.24, 2.45) is 5.41 Å². The minimum Gasteiger partial charge on any atom is -0.337 e. The van der Waals surface area contributed by atoms with Gasteiger partial charge in [0.15, 0.2) is 0 Å². The van der Waals surface area contributed by atoms with Crippen molar-refractivity contribution in [1.29, 1.82) is 0 Å². The lowest BCUT2D eigenvalue weighted by atomic mass is 9.69. The summed E-state index contributed by atoms with van der Waals surface area (Å²) in [7, 11) is 0. The summed E-state index contributed by atoms with van der Waals surface area (Å²) in [4.78, 5) is 15.1. The number of hydrogen-bond donors (Lipinski definition) is 1. The zero-order valence-corrected chi connectivity index (χ0v) is 13.7. The summed E-state index contributed by atoms with van der Waals surface area (Å²) < 4.78 is 14.4. The molecule has 1 aromatic carbocycles. The first-order valence-corrected chi connectivity index (χ1v) is 8.13. The van der Waals surface area contributed by atoms with Crippen LogP contribution >= 0.6 is 0 Å². The summed E-state index contributed by atoms with van der Waals surface area (Å²) in [5.41, 5.74) is -0.0405. The highest BCUT2D eigenvalue weighted by Gasteiger charge is 2.56. The molecular weight excluding hydrogens is 279 g/mol. The zero-order valence-electron chi connectivity index (χ0n) is 13.7. The number of carbonyl (C=O) groups is 1. The highest BCUT2D eigenvalue weighted by molar-refractivity contribution is 5.87. The molecule has 3 rings (SSSR count). The van der Waals surface area contributed by atoms with E-state index in [1.54, 1.807) is 6.07 Å². The number of rotatable bonds is 1. The lowest BCUT2D eigenvalue weighted by Crippen LogP contribution is -2.50. The quantitative estimate of drug-likeness (QED) is 0.865. The van der Waals surface area contributed by atoms with Crippen LogP contribution in [0.15, 0.2) is 24.3 Å². The van der Waals surface area contributed by atoms with Gasteiger partial charge < -0.3 is 10.2 Å². The van der Waals surface area contributed by atoms with Gasteiger partial charge in [0.25, 0.3) is 0 Å². The van der Waals surface area contributed by atoms with Gasteiger partial charge in [-0.2, -0.15) is 0 Å². The summed E-state index contributed by atoms with van der Waals surface area (Å²) >= 11 is 0. The highest BCUT2D eigenvalue weighted by Crippen LogP contribution is 2.50. The molecule has 2 aliphatic heterocycles. The van der Waals surface area contributed by atoms with E-state index >= 15 is 0 Å². The van der Waals surface area contributed by atoms with Crippen LogP contribution in [0.3, 0.4) is 0 Å². The first-order chi connectivity index (χ1) is 10.4. The molecule has 1 amide bonds. The zero-order chi connectivity index (χ0) is 16.0. The van der Waals surface area contributed by atoms with Crippen LogP contribution in [-0.4, -0.2) is 36.0 Å². The Morgan fingerprint density at radius 3 is 2.64 bits per heavy atom. The normalized spacial score (nSPS) is 29.4. The number of nitrogens with one attached hydrogen (secondary N) is 1. The number of piperidine rings is 1. The molecule has 3 nitrogen and oxygen atoms in total. The molecule has 22 heavy (non-hydrogen) atoms. The first kappa shape index (κ1) is 15.5. The number of amides is 1. The Morgan fingerprint density at radius 2 is 2.05 bits per heavy atom. The van der Waals surface area contributed by atoms with E-state index in [9.17, 15) is 9.18 Å². The van der Waals surface area contributed by atoms with E-state index in [4.69, 9.17) is 0 Å². The van der Waals surface area contributed by atoms with Crippen LogP contribution in [0.2, 0.25) is 0 Å². The molecule has 0 radical (unpaired) electrons. The van der Waals surface area contributed by atoms with Crippen LogP contribution < -0.4 is 5.32 Å². The van der Waals surface area contributed by atoms with Gasteiger partial charge in [0.05, 0.1) is 5.41 Å². The van der Waals surface area contributed by atoms with E-state index in [2.05, 4.69) is 26.1 Å². The monoisotopic (exact) mass is 304 g/mol. The Morgan fingerprint density at radius 1 is 1.32 bits per heavy atom. The smallest absolute Gasteiger partial charge is 0.231 e. The van der Waals surface area contributed by atoms with Crippen LogP contribution in [-0.2, 0) is 4.79 Å². The first-order valence-electron chi connectivity index (χ1n) is 8.13. The van der Waals surface area contributed by atoms with E-state index < -0.39 is 5.41 Å². The molecule has 0 bridgehead atoms. The summed E-state index contributed by atoms with van der Waals surface area (Å²) in [5.74, 6) is -0.0883. The lowest BCUT2D eigenvalue weighted by Gasteiger charge is -2.38. The van der Waals surface area contributed by atoms with Gasteiger partial charge in [0.2, 0.25) is 5.91 Å². The Balaban J connectivity index is 2.06. The van der Waals surface area contributed by atoms with Gasteiger partial charge in [0.1, 0.15) is 5.82 Å². The number of carbonyl (C=O) groups excluding carboxylic acids is 1. The molecule has 0 saturated carbocycles. The van der Waals surface area contributed by atoms with Gasteiger partial charge in [0, 0.05) is 24.5 Å². The van der Waals surface area contributed by atoms with Crippen LogP contribution in [0.4, 0.5) is 4.39 Å². The average molecular weight is 304 g/mol. The van der Waals surface area contributed by atoms with Crippen molar-refractivity contribution < 1.29 is 9.18 Å². The minimum atomic E-state index is -0.492. The molecule has 2 heterocycles. The van der Waals surface area contributed by atoms with Crippen LogP contribution in [0.25, 0.3) is 0 Å². The van der Waals surface area contributed by atoms with Crippen molar-refractivity contribution in [3.8, 4) is 0 Å². The molecular formula is C18H25FN2O. The molecule has 2 saturated heterocycles. The van der Waals surface area contributed by atoms with Crippen LogP contribution in [0, 0.1) is 11.2 Å². The number of likely N-dealkylation sites (tertiary alicyclic amines) is 1. The minimum absolute atomic E-state index is 0.0757. The Hall–Kier alpha value is -1.42. The standard InChI is InChI=1S/C18H25FN2O/c1-17(2,3)21-11-14(13-7-4-5-8-15(13)19)18(16(21)22)9-6-10-20-12-18/h4-5,7-8,14,20H,6,9-12H2,1-3H3. The molecule has 120 valence electrons. The number of benzene rings is 1. The molecule has 2 atom stereocenters. The largest absolute Gasteiger partial charge is 0.337 e. The molecule has 1 aromatic rings. The van der Waals surface area contributed by atoms with Crippen molar-refractivity contribution >= 4 is 5.91 Å². The second-order valence-corrected chi connectivity index (χ2v) is 7.60. The molecule has 0 aromatic heterocycles. The van der Waals surface area contributed by atoms with Gasteiger partial charge in [-0.05, 0) is 51.8 Å². The molecule has 2 unspecified atom stereocenters. The van der Waals surface area contributed by atoms with Gasteiger partial charge in [-0.3, -0.25) is 4.79 Å². The Kier molecular flexibility index (Phi) is 3.76. The van der Waals surface area contributed by atoms with E-state index in [1.807, 2.05) is 17.0 Å². The summed E-state index contributed by atoms with van der Waals surface area (Å²) in [6.07, 6.45) is 1.80. The van der Waals surface area contributed by atoms with E-state index in [0.717, 1.165) is 19.4 Å². The predicted molar refractivity (Wildman–Crippen MR) is 85.1 cm³/mol. The molecule has 2 fully saturated rings. The van der Waals surface area contributed by atoms with Crippen LogP contribution in [0.5, 0.6) is 0 Å². The average Bonchev–Trinajstić information content (AvgIpc) is 2.74. The predicted octanol–water partition coefficient (Wildman–Crippen LogP) is 2.92. The third-order valence-electron chi connectivity index (χ3n) is 5.21. The fraction of sp³-hybridized carbons (Fsp3) is 0.611. The molecule has 4 heteroatoms. The Bertz CT molecular complexity index is 573. The van der Waals surface area contributed by atoms with Gasteiger partial charge >= 0.3 is 0 Å².